The molecule has 2 aromatic heterocycles. The van der Waals surface area contributed by atoms with E-state index in [2.05, 4.69) is 22.2 Å². The van der Waals surface area contributed by atoms with Crippen LogP contribution in [0.5, 0.6) is 0 Å². The van der Waals surface area contributed by atoms with E-state index in [9.17, 15) is 9.59 Å². The van der Waals surface area contributed by atoms with E-state index < -0.39 is 0 Å². The average Bonchev–Trinajstić information content (AvgIpc) is 3.01. The van der Waals surface area contributed by atoms with Crippen molar-refractivity contribution < 1.29 is 4.79 Å². The van der Waals surface area contributed by atoms with Gasteiger partial charge in [0.15, 0.2) is 0 Å². The van der Waals surface area contributed by atoms with Gasteiger partial charge in [0.1, 0.15) is 10.7 Å². The lowest BCUT2D eigenvalue weighted by atomic mass is 9.97. The molecule has 0 spiro atoms. The summed E-state index contributed by atoms with van der Waals surface area (Å²) < 4.78 is 0. The summed E-state index contributed by atoms with van der Waals surface area (Å²) in [6.07, 6.45) is 7.71. The predicted octanol–water partition coefficient (Wildman–Crippen LogP) is 3.79. The van der Waals surface area contributed by atoms with Crippen molar-refractivity contribution in [2.45, 2.75) is 69.8 Å². The van der Waals surface area contributed by atoms with E-state index in [1.54, 1.807) is 11.3 Å². The largest absolute Gasteiger partial charge is 0.355 e. The van der Waals surface area contributed by atoms with Crippen LogP contribution in [-0.2, 0) is 23.4 Å². The predicted molar refractivity (Wildman–Crippen MR) is 110 cm³/mol. The number of thioether (sulfide) groups is 1. The Balaban J connectivity index is 1.62. The standard InChI is InChI=1S/C19H27N3O2S2/c1-3-4-7-10-20-17(23)12(2)25-11-15-21-18(24)16-13-8-5-6-9-14(13)26-19(16)22-15/h12H,3-11H2,1-2H3,(H,20,23)(H,21,22,24)/t12-/m0/s1. The molecule has 5 nitrogen and oxygen atoms in total. The van der Waals surface area contributed by atoms with Gasteiger partial charge in [0, 0.05) is 11.4 Å². The summed E-state index contributed by atoms with van der Waals surface area (Å²) in [7, 11) is 0. The van der Waals surface area contributed by atoms with Gasteiger partial charge < -0.3 is 10.3 Å². The summed E-state index contributed by atoms with van der Waals surface area (Å²) in [5.41, 5.74) is 1.19. The molecule has 0 saturated carbocycles. The summed E-state index contributed by atoms with van der Waals surface area (Å²) in [6, 6.07) is 0. The van der Waals surface area contributed by atoms with Gasteiger partial charge in [0.25, 0.3) is 5.56 Å². The van der Waals surface area contributed by atoms with Crippen LogP contribution in [0.15, 0.2) is 4.79 Å². The van der Waals surface area contributed by atoms with Crippen LogP contribution in [0.2, 0.25) is 0 Å². The first-order valence-electron chi connectivity index (χ1n) is 9.53. The second-order valence-electron chi connectivity index (χ2n) is 6.86. The number of carbonyl (C=O) groups is 1. The summed E-state index contributed by atoms with van der Waals surface area (Å²) >= 11 is 3.18. The van der Waals surface area contributed by atoms with Crippen molar-refractivity contribution in [3.8, 4) is 0 Å². The molecule has 2 aromatic rings. The number of rotatable bonds is 8. The third-order valence-corrected chi connectivity index (χ3v) is 7.13. The van der Waals surface area contributed by atoms with Gasteiger partial charge in [-0.15, -0.1) is 23.1 Å². The maximum absolute atomic E-state index is 12.5. The van der Waals surface area contributed by atoms with E-state index in [0.29, 0.717) is 11.6 Å². The zero-order chi connectivity index (χ0) is 18.5. The summed E-state index contributed by atoms with van der Waals surface area (Å²) in [6.45, 7) is 4.79. The molecule has 0 unspecified atom stereocenters. The number of aryl methyl sites for hydroxylation is 2. The van der Waals surface area contributed by atoms with E-state index >= 15 is 0 Å². The molecular formula is C19H27N3O2S2. The van der Waals surface area contributed by atoms with E-state index in [0.717, 1.165) is 55.3 Å². The minimum Gasteiger partial charge on any atom is -0.355 e. The minimum atomic E-state index is -0.158. The highest BCUT2D eigenvalue weighted by molar-refractivity contribution is 7.99. The van der Waals surface area contributed by atoms with Crippen LogP contribution >= 0.6 is 23.1 Å². The number of fused-ring (bicyclic) bond motifs is 3. The Kier molecular flexibility index (Phi) is 6.75. The molecule has 0 radical (unpaired) electrons. The molecule has 7 heteroatoms. The van der Waals surface area contributed by atoms with Gasteiger partial charge in [0.05, 0.1) is 16.4 Å². The van der Waals surface area contributed by atoms with Crippen LogP contribution in [0, 0.1) is 0 Å². The third-order valence-electron chi connectivity index (χ3n) is 4.79. The topological polar surface area (TPSA) is 74.8 Å². The quantitative estimate of drug-likeness (QED) is 0.669. The maximum atomic E-state index is 12.5. The number of hydrogen-bond donors (Lipinski definition) is 2. The minimum absolute atomic E-state index is 0.0262. The van der Waals surface area contributed by atoms with Crippen LogP contribution in [0.3, 0.4) is 0 Å². The number of amides is 1. The highest BCUT2D eigenvalue weighted by Crippen LogP contribution is 2.33. The number of H-pyrrole nitrogens is 1. The molecule has 2 N–H and O–H groups in total. The number of aromatic nitrogens is 2. The van der Waals surface area contributed by atoms with Crippen LogP contribution in [0.1, 0.15) is 62.2 Å². The molecule has 26 heavy (non-hydrogen) atoms. The van der Waals surface area contributed by atoms with Crippen LogP contribution in [0.25, 0.3) is 10.2 Å². The Bertz CT molecular complexity index is 828. The first-order valence-corrected chi connectivity index (χ1v) is 11.4. The van der Waals surface area contributed by atoms with Crippen molar-refractivity contribution in [2.24, 2.45) is 0 Å². The summed E-state index contributed by atoms with van der Waals surface area (Å²) in [5, 5.41) is 3.61. The maximum Gasteiger partial charge on any atom is 0.259 e. The molecule has 0 aromatic carbocycles. The summed E-state index contributed by atoms with van der Waals surface area (Å²) in [4.78, 5) is 34.4. The van der Waals surface area contributed by atoms with Gasteiger partial charge in [-0.1, -0.05) is 19.8 Å². The number of hydrogen-bond acceptors (Lipinski definition) is 5. The molecule has 2 heterocycles. The Labute approximate surface area is 162 Å². The van der Waals surface area contributed by atoms with Crippen molar-refractivity contribution in [3.63, 3.8) is 0 Å². The molecule has 1 atom stereocenters. The summed E-state index contributed by atoms with van der Waals surface area (Å²) in [5.74, 6) is 1.26. The zero-order valence-electron chi connectivity index (χ0n) is 15.5. The SMILES string of the molecule is CCCCCNC(=O)[C@H](C)SCc1nc2sc3c(c2c(=O)[nH]1)CCCC3. The Morgan fingerprint density at radius 3 is 2.96 bits per heavy atom. The first-order chi connectivity index (χ1) is 12.6. The normalized spacial score (nSPS) is 15.0. The average molecular weight is 394 g/mol. The lowest BCUT2D eigenvalue weighted by Crippen LogP contribution is -2.31. The molecular weight excluding hydrogens is 366 g/mol. The number of aromatic amines is 1. The lowest BCUT2D eigenvalue weighted by Gasteiger charge is -2.11. The van der Waals surface area contributed by atoms with E-state index in [1.807, 2.05) is 6.92 Å². The van der Waals surface area contributed by atoms with Gasteiger partial charge in [-0.25, -0.2) is 4.98 Å². The number of nitrogens with one attached hydrogen (secondary N) is 2. The Hall–Kier alpha value is -1.34. The molecule has 0 aliphatic heterocycles. The molecule has 1 aliphatic rings. The fraction of sp³-hybridized carbons (Fsp3) is 0.632. The Morgan fingerprint density at radius 1 is 1.35 bits per heavy atom. The fourth-order valence-corrected chi connectivity index (χ4v) is 5.35. The number of nitrogens with zero attached hydrogens (tertiary/aromatic N) is 1. The van der Waals surface area contributed by atoms with Crippen molar-refractivity contribution in [2.75, 3.05) is 6.54 Å². The Morgan fingerprint density at radius 2 is 2.15 bits per heavy atom. The van der Waals surface area contributed by atoms with Gasteiger partial charge in [-0.2, -0.15) is 0 Å². The van der Waals surface area contributed by atoms with Gasteiger partial charge in [-0.3, -0.25) is 9.59 Å². The number of unbranched alkanes of at least 4 members (excludes halogenated alkanes) is 2. The van der Waals surface area contributed by atoms with Gasteiger partial charge in [0.2, 0.25) is 5.91 Å². The highest BCUT2D eigenvalue weighted by atomic mass is 32.2. The molecule has 0 saturated heterocycles. The first kappa shape index (κ1) is 19.4. The molecule has 1 aliphatic carbocycles. The van der Waals surface area contributed by atoms with Crippen LogP contribution in [0.4, 0.5) is 0 Å². The van der Waals surface area contributed by atoms with Gasteiger partial charge in [-0.05, 0) is 44.6 Å². The second-order valence-corrected chi connectivity index (χ2v) is 9.27. The van der Waals surface area contributed by atoms with E-state index in [1.165, 1.54) is 28.6 Å². The molecule has 142 valence electrons. The highest BCUT2D eigenvalue weighted by Gasteiger charge is 2.20. The lowest BCUT2D eigenvalue weighted by molar-refractivity contribution is -0.120. The molecule has 3 rings (SSSR count). The van der Waals surface area contributed by atoms with Crippen LogP contribution < -0.4 is 10.9 Å². The van der Waals surface area contributed by atoms with Crippen molar-refractivity contribution in [1.29, 1.82) is 0 Å². The molecule has 1 amide bonds. The zero-order valence-corrected chi connectivity index (χ0v) is 17.2. The third kappa shape index (κ3) is 4.49. The smallest absolute Gasteiger partial charge is 0.259 e. The van der Waals surface area contributed by atoms with E-state index in [4.69, 9.17) is 0 Å². The van der Waals surface area contributed by atoms with Crippen molar-refractivity contribution >= 4 is 39.2 Å². The molecule has 0 fully saturated rings. The number of thiophene rings is 1. The van der Waals surface area contributed by atoms with E-state index in [-0.39, 0.29) is 16.7 Å². The van der Waals surface area contributed by atoms with Crippen LogP contribution in [-0.4, -0.2) is 27.7 Å². The van der Waals surface area contributed by atoms with Crippen molar-refractivity contribution in [1.82, 2.24) is 15.3 Å². The monoisotopic (exact) mass is 393 g/mol. The number of carbonyl (C=O) groups excluding carboxylic acids is 1. The van der Waals surface area contributed by atoms with Crippen molar-refractivity contribution in [3.05, 3.63) is 26.6 Å². The fourth-order valence-electron chi connectivity index (χ4n) is 3.29. The second kappa shape index (κ2) is 9.04. The van der Waals surface area contributed by atoms with Gasteiger partial charge >= 0.3 is 0 Å². The molecule has 0 bridgehead atoms.